The van der Waals surface area contributed by atoms with Crippen LogP contribution in [0.3, 0.4) is 0 Å². The Kier molecular flexibility index (Phi) is 37.2. The van der Waals surface area contributed by atoms with Gasteiger partial charge in [0, 0.05) is 107 Å². The number of unbranched alkanes of at least 4 members (excludes halogenated alkanes) is 1. The van der Waals surface area contributed by atoms with Crippen LogP contribution in [0.25, 0.3) is 0 Å². The van der Waals surface area contributed by atoms with E-state index in [1.54, 1.807) is 69.6 Å². The Balaban J connectivity index is 2.38. The average Bonchev–Trinajstić information content (AvgIpc) is 0.755. The fourth-order valence-electron chi connectivity index (χ4n) is 12.9. The van der Waals surface area contributed by atoms with E-state index in [-0.39, 0.29) is 99.1 Å². The van der Waals surface area contributed by atoms with Crippen molar-refractivity contribution in [2.45, 2.75) is 248 Å². The lowest BCUT2D eigenvalue weighted by molar-refractivity contribution is -0.322. The van der Waals surface area contributed by atoms with Crippen molar-refractivity contribution in [2.24, 2.45) is 47.3 Å². The fourth-order valence-corrected chi connectivity index (χ4v) is 12.9. The van der Waals surface area contributed by atoms with Gasteiger partial charge in [-0.25, -0.2) is 5.06 Å². The van der Waals surface area contributed by atoms with Gasteiger partial charge in [-0.05, 0) is 107 Å². The van der Waals surface area contributed by atoms with E-state index in [0.717, 1.165) is 37.5 Å². The molecule has 2 fully saturated rings. The van der Waals surface area contributed by atoms with Crippen molar-refractivity contribution in [2.75, 3.05) is 88.8 Å². The minimum absolute atomic E-state index is 0.0672. The number of nitrogens with one attached hydrogen (secondary N) is 2. The summed E-state index contributed by atoms with van der Waals surface area (Å²) in [4.78, 5) is 185. The molecule has 9 amide bonds. The summed E-state index contributed by atoms with van der Waals surface area (Å²) in [5.41, 5.74) is 0. The lowest BCUT2D eigenvalue weighted by Crippen LogP contribution is -2.71. The SMILES string of the molecule is CCC(=O)N(C)[C@H](C(=O)C[C@H](C(=O)N(C)[C@@H](CC(C)C)C(=O)C[C@@H](C)C(=O)N[C@H](C)C(=O)N(C)[C@@H](CC(C)C)C(=O)N(C)[C@@H](CC(C)C)C(=O)N(C)[C@H](C(=O)N1O[C@H]([C@H](C)CCCC(=O)O)[C@H]1C(=O)N[C@@H](CC)C(=O)N(C)C)C(C)C)C(C)C)[C@@H](C)OCCCCN1CCOCC1. The molecule has 0 unspecified atom stereocenters. The Hall–Kier alpha value is -6.12. The molecule has 0 spiro atoms. The average molecular weight is 1380 g/mol. The third kappa shape index (κ3) is 25.8. The van der Waals surface area contributed by atoms with Crippen molar-refractivity contribution in [3.05, 3.63) is 0 Å². The van der Waals surface area contributed by atoms with E-state index in [1.807, 2.05) is 55.4 Å². The molecule has 3 N–H and O–H groups in total. The second-order valence-corrected chi connectivity index (χ2v) is 29.4. The van der Waals surface area contributed by atoms with Crippen molar-refractivity contribution in [3.63, 3.8) is 0 Å². The Morgan fingerprint density at radius 2 is 1.10 bits per heavy atom. The zero-order valence-electron chi connectivity index (χ0n) is 63.3. The molecular formula is C71H126N10O16. The maximum atomic E-state index is 15.1. The maximum absolute atomic E-state index is 15.1. The molecule has 2 aliphatic heterocycles. The van der Waals surface area contributed by atoms with E-state index in [2.05, 4.69) is 15.5 Å². The summed E-state index contributed by atoms with van der Waals surface area (Å²) < 4.78 is 11.7. The molecule has 0 aromatic heterocycles. The fraction of sp³-hybridized carbons (Fsp3) is 0.831. The van der Waals surface area contributed by atoms with E-state index >= 15 is 9.59 Å². The number of amides is 9. The topological polar surface area (TPSA) is 303 Å². The predicted molar refractivity (Wildman–Crippen MR) is 370 cm³/mol. The minimum Gasteiger partial charge on any atom is -0.481 e. The standard InChI is InChI=1S/C71H126N10O16/c1-24-52(68(91)74(17)18)73-65(88)62-63(47(13)29-28-30-59(85)86)97-81(62)71(94)60(46(11)12)79(23)70(93)55(39-44(7)8)77(21)69(92)54(38-43(5)6)76(20)66(89)49(15)72-64(87)48(14)40-56(82)53(37-42(3)4)75(19)67(90)51(45(9)10)41-57(83)61(78(22)58(84)25-2)50(16)96-34-27-26-31-80-32-35-95-36-33-80/h42-55,60-63H,24-41H2,1-23H3,(H,72,87)(H,73,88)(H,85,86)/t47-,48-,49-,50-,51+,52+,53+,54+,55+,60+,61+,62+,63-/m1/s1. The highest BCUT2D eigenvalue weighted by Crippen LogP contribution is 2.35. The van der Waals surface area contributed by atoms with Crippen molar-refractivity contribution >= 4 is 70.7 Å². The Bertz CT molecular complexity index is 2610. The smallest absolute Gasteiger partial charge is 0.303 e. The molecule has 0 saturated carbocycles. The minimum atomic E-state index is -1.24. The number of nitrogens with zero attached hydrogens (tertiary/aromatic N) is 8. The summed E-state index contributed by atoms with van der Waals surface area (Å²) in [6, 6.07) is -8.83. The summed E-state index contributed by atoms with van der Waals surface area (Å²) in [7, 11) is 10.6. The Labute approximate surface area is 579 Å². The van der Waals surface area contributed by atoms with Gasteiger partial charge in [-0.15, -0.1) is 0 Å². The number of hydrogen-bond donors (Lipinski definition) is 3. The van der Waals surface area contributed by atoms with Crippen LogP contribution in [0.5, 0.6) is 0 Å². The first-order valence-corrected chi connectivity index (χ1v) is 35.5. The van der Waals surface area contributed by atoms with Crippen LogP contribution in [0, 0.1) is 47.3 Å². The van der Waals surface area contributed by atoms with Gasteiger partial charge in [0.15, 0.2) is 17.6 Å². The van der Waals surface area contributed by atoms with Crippen LogP contribution in [-0.2, 0) is 71.8 Å². The van der Waals surface area contributed by atoms with Gasteiger partial charge in [0.05, 0.1) is 25.4 Å². The molecule has 2 aliphatic rings. The molecule has 26 heteroatoms. The summed E-state index contributed by atoms with van der Waals surface area (Å²) >= 11 is 0. The second-order valence-electron chi connectivity index (χ2n) is 29.4. The van der Waals surface area contributed by atoms with Gasteiger partial charge in [-0.3, -0.25) is 67.3 Å². The molecule has 556 valence electrons. The molecular weight excluding hydrogens is 1250 g/mol. The van der Waals surface area contributed by atoms with Crippen molar-refractivity contribution in [3.8, 4) is 0 Å². The van der Waals surface area contributed by atoms with Gasteiger partial charge in [-0.1, -0.05) is 96.9 Å². The number of ketones is 2. The van der Waals surface area contributed by atoms with Gasteiger partial charge >= 0.3 is 5.97 Å². The number of hydrogen-bond acceptors (Lipinski definition) is 16. The normalized spacial score (nSPS) is 18.5. The third-order valence-electron chi connectivity index (χ3n) is 18.9. The number of rotatable bonds is 43. The van der Waals surface area contributed by atoms with Gasteiger partial charge in [0.25, 0.3) is 5.91 Å². The number of aliphatic carboxylic acids is 1. The zero-order valence-corrected chi connectivity index (χ0v) is 63.3. The number of carboxylic acid groups (broad SMARTS) is 1. The molecule has 0 bridgehead atoms. The van der Waals surface area contributed by atoms with Crippen LogP contribution in [0.4, 0.5) is 0 Å². The highest BCUT2D eigenvalue weighted by molar-refractivity contribution is 5.99. The second kappa shape index (κ2) is 41.5. The van der Waals surface area contributed by atoms with Crippen LogP contribution < -0.4 is 10.6 Å². The van der Waals surface area contributed by atoms with Gasteiger partial charge < -0.3 is 54.6 Å². The number of carbonyl (C=O) groups excluding carboxylic acids is 11. The van der Waals surface area contributed by atoms with Crippen molar-refractivity contribution in [1.29, 1.82) is 0 Å². The zero-order chi connectivity index (χ0) is 74.2. The maximum Gasteiger partial charge on any atom is 0.303 e. The molecule has 97 heavy (non-hydrogen) atoms. The predicted octanol–water partition coefficient (Wildman–Crippen LogP) is 5.56. The summed E-state index contributed by atoms with van der Waals surface area (Å²) in [6.45, 7) is 32.9. The first-order valence-electron chi connectivity index (χ1n) is 35.5. The summed E-state index contributed by atoms with van der Waals surface area (Å²) in [5, 5.41) is 15.8. The van der Waals surface area contributed by atoms with Crippen LogP contribution in [0.15, 0.2) is 0 Å². The summed E-state index contributed by atoms with van der Waals surface area (Å²) in [6.07, 6.45) is 1.08. The number of ether oxygens (including phenoxy) is 2. The van der Waals surface area contributed by atoms with E-state index in [0.29, 0.717) is 26.2 Å². The number of hydroxylamine groups is 2. The van der Waals surface area contributed by atoms with Crippen LogP contribution >= 0.6 is 0 Å². The number of carbonyl (C=O) groups is 12. The number of Topliss-reactive ketones (excluding diaryl/α,β-unsaturated/α-hetero) is 2. The van der Waals surface area contributed by atoms with E-state index < -0.39 is 137 Å². The molecule has 0 radical (unpaired) electrons. The number of morpholine rings is 1. The van der Waals surface area contributed by atoms with Crippen molar-refractivity contribution < 1.29 is 77.0 Å². The van der Waals surface area contributed by atoms with Gasteiger partial charge in [0.1, 0.15) is 42.4 Å². The molecule has 26 nitrogen and oxygen atoms in total. The molecule has 2 saturated heterocycles. The third-order valence-corrected chi connectivity index (χ3v) is 18.9. The molecule has 2 heterocycles. The first kappa shape index (κ1) is 87.0. The highest BCUT2D eigenvalue weighted by atomic mass is 16.7. The molecule has 13 atom stereocenters. The number of carboxylic acids is 1. The van der Waals surface area contributed by atoms with Gasteiger partial charge in [-0.2, -0.15) is 0 Å². The van der Waals surface area contributed by atoms with Crippen LogP contribution in [-0.4, -0.2) is 265 Å². The largest absolute Gasteiger partial charge is 0.481 e. The lowest BCUT2D eigenvalue weighted by Gasteiger charge is -2.50. The Morgan fingerprint density at radius 1 is 0.577 bits per heavy atom. The molecule has 2 rings (SSSR count). The van der Waals surface area contributed by atoms with Crippen LogP contribution in [0.1, 0.15) is 188 Å². The van der Waals surface area contributed by atoms with Crippen molar-refractivity contribution in [1.82, 2.24) is 50.0 Å². The molecule has 0 aromatic rings. The van der Waals surface area contributed by atoms with Gasteiger partial charge in [0.2, 0.25) is 47.3 Å². The first-order chi connectivity index (χ1) is 45.2. The number of likely N-dealkylation sites (N-methyl/N-ethyl adjacent to an activating group) is 6. The molecule has 0 aromatic carbocycles. The lowest BCUT2D eigenvalue weighted by atomic mass is 9.85. The van der Waals surface area contributed by atoms with E-state index in [4.69, 9.17) is 14.3 Å². The monoisotopic (exact) mass is 1370 g/mol. The summed E-state index contributed by atoms with van der Waals surface area (Å²) in [5.74, 6) is -10.1. The van der Waals surface area contributed by atoms with Crippen LogP contribution in [0.2, 0.25) is 0 Å². The highest BCUT2D eigenvalue weighted by Gasteiger charge is 2.54. The Morgan fingerprint density at radius 3 is 1.60 bits per heavy atom. The quantitative estimate of drug-likeness (QED) is 0.0630. The van der Waals surface area contributed by atoms with E-state index in [1.165, 1.54) is 64.5 Å². The van der Waals surface area contributed by atoms with E-state index in [9.17, 15) is 53.1 Å². The molecule has 0 aliphatic carbocycles.